The molecule has 0 spiro atoms. The number of nitrogens with two attached hydrogens (primary N) is 1. The summed E-state index contributed by atoms with van der Waals surface area (Å²) in [6.07, 6.45) is 0.319. The summed E-state index contributed by atoms with van der Waals surface area (Å²) in [7, 11) is -9.57. The summed E-state index contributed by atoms with van der Waals surface area (Å²) in [5.74, 6) is -1.40. The van der Waals surface area contributed by atoms with Crippen LogP contribution in [0, 0.1) is 0 Å². The van der Waals surface area contributed by atoms with E-state index in [1.807, 2.05) is 0 Å². The quantitative estimate of drug-likeness (QED) is 0.320. The summed E-state index contributed by atoms with van der Waals surface area (Å²) < 4.78 is 23.0. The summed E-state index contributed by atoms with van der Waals surface area (Å²) in [6, 6.07) is -1.45. The third-order valence-corrected chi connectivity index (χ3v) is 4.23. The minimum absolute atomic E-state index is 0.258. The van der Waals surface area contributed by atoms with E-state index in [1.54, 1.807) is 0 Å². The molecular formula is C6H13N3O8P2. The largest absolute Gasteiger partial charge is 0.480 e. The number of aliphatic carboxylic acids is 1. The van der Waals surface area contributed by atoms with Crippen LogP contribution in [-0.4, -0.2) is 52.7 Å². The Bertz CT molecular complexity index is 495. The lowest BCUT2D eigenvalue weighted by Gasteiger charge is -2.24. The number of hydrogen-bond donors (Lipinski definition) is 6. The Morgan fingerprint density at radius 3 is 2.21 bits per heavy atom. The van der Waals surface area contributed by atoms with E-state index in [0.717, 1.165) is 6.20 Å². The smallest absolute Gasteiger partial charge is 0.431 e. The highest BCUT2D eigenvalue weighted by atomic mass is 31.2. The first-order chi connectivity index (χ1) is 8.43. The van der Waals surface area contributed by atoms with Gasteiger partial charge in [0, 0.05) is 18.3 Å². The van der Waals surface area contributed by atoms with Crippen LogP contribution >= 0.6 is 15.5 Å². The molecule has 0 aromatic carbocycles. The second-order valence-corrected chi connectivity index (χ2v) is 6.83. The van der Waals surface area contributed by atoms with Gasteiger partial charge in [0.2, 0.25) is 0 Å². The van der Waals surface area contributed by atoms with Crippen molar-refractivity contribution in [2.24, 2.45) is 5.73 Å². The summed E-state index contributed by atoms with van der Waals surface area (Å²) >= 11 is 0. The van der Waals surface area contributed by atoms with Gasteiger partial charge < -0.3 is 30.4 Å². The van der Waals surface area contributed by atoms with Gasteiger partial charge in [0.15, 0.2) is 0 Å². The lowest BCUT2D eigenvalue weighted by Crippen LogP contribution is -2.32. The summed E-state index contributed by atoms with van der Waals surface area (Å²) in [5, 5.41) is 8.63. The van der Waals surface area contributed by atoms with Crippen molar-refractivity contribution in [3.63, 3.8) is 0 Å². The molecule has 0 unspecified atom stereocenters. The van der Waals surface area contributed by atoms with Crippen LogP contribution in [-0.2, 0) is 13.9 Å². The minimum Gasteiger partial charge on any atom is -0.480 e. The van der Waals surface area contributed by atoms with Gasteiger partial charge >= 0.3 is 21.5 Å². The van der Waals surface area contributed by atoms with Gasteiger partial charge in [-0.1, -0.05) is 0 Å². The van der Waals surface area contributed by atoms with Gasteiger partial charge in [-0.3, -0.25) is 14.1 Å². The predicted octanol–water partition coefficient (Wildman–Crippen LogP) is -1.61. The van der Waals surface area contributed by atoms with Gasteiger partial charge in [-0.25, -0.2) is 9.13 Å². The molecule has 0 saturated carbocycles. The first kappa shape index (κ1) is 16.1. The highest BCUT2D eigenvalue weighted by molar-refractivity contribution is 7.50. The Labute approximate surface area is 107 Å². The second-order valence-electron chi connectivity index (χ2n) is 3.78. The first-order valence-electron chi connectivity index (χ1n) is 4.78. The molecule has 1 atom stereocenters. The SMILES string of the molecule is N[C@@H](CC1=CN(P(=O)(O)O)CN1P(=O)(O)O)C(=O)O. The van der Waals surface area contributed by atoms with E-state index in [-0.39, 0.29) is 5.70 Å². The third kappa shape index (κ3) is 4.02. The molecule has 1 aliphatic heterocycles. The number of carboxylic acids is 1. The van der Waals surface area contributed by atoms with Gasteiger partial charge in [0.1, 0.15) is 12.7 Å². The molecule has 110 valence electrons. The first-order valence-corrected chi connectivity index (χ1v) is 7.91. The lowest BCUT2D eigenvalue weighted by molar-refractivity contribution is -0.138. The molecule has 0 fully saturated rings. The van der Waals surface area contributed by atoms with Crippen molar-refractivity contribution in [3.05, 3.63) is 11.9 Å². The molecule has 1 aliphatic rings. The normalized spacial score (nSPS) is 18.5. The van der Waals surface area contributed by atoms with Crippen LogP contribution in [0.25, 0.3) is 0 Å². The van der Waals surface area contributed by atoms with Crippen LogP contribution in [0.4, 0.5) is 0 Å². The van der Waals surface area contributed by atoms with Crippen molar-refractivity contribution in [2.75, 3.05) is 6.67 Å². The standard InChI is InChI=1S/C6H13N3O8P2/c7-5(6(10)11)1-4-2-8(18(12,13)14)3-9(4)19(15,16)17/h2,5H,1,3,7H2,(H,10,11)(H2,12,13,14)(H2,15,16,17)/t5-/m0/s1. The van der Waals surface area contributed by atoms with Crippen LogP contribution in [0.1, 0.15) is 6.42 Å². The number of carboxylic acid groups (broad SMARTS) is 1. The number of nitrogens with zero attached hydrogens (tertiary/aromatic N) is 2. The Morgan fingerprint density at radius 1 is 1.32 bits per heavy atom. The molecule has 11 nitrogen and oxygen atoms in total. The van der Waals surface area contributed by atoms with Crippen LogP contribution in [0.3, 0.4) is 0 Å². The molecule has 0 saturated heterocycles. The van der Waals surface area contributed by atoms with Crippen molar-refractivity contribution < 1.29 is 38.6 Å². The molecule has 1 heterocycles. The van der Waals surface area contributed by atoms with E-state index in [2.05, 4.69) is 0 Å². The van der Waals surface area contributed by atoms with Crippen molar-refractivity contribution in [1.29, 1.82) is 0 Å². The molecule has 0 aliphatic carbocycles. The zero-order chi connectivity index (χ0) is 15.0. The predicted molar refractivity (Wildman–Crippen MR) is 60.9 cm³/mol. The number of hydrogen-bond acceptors (Lipinski definition) is 4. The van der Waals surface area contributed by atoms with Gasteiger partial charge in [-0.15, -0.1) is 0 Å². The van der Waals surface area contributed by atoms with E-state index in [0.29, 0.717) is 9.34 Å². The number of carbonyl (C=O) groups is 1. The molecule has 0 bridgehead atoms. The monoisotopic (exact) mass is 317 g/mol. The van der Waals surface area contributed by atoms with E-state index >= 15 is 0 Å². The van der Waals surface area contributed by atoms with Crippen molar-refractivity contribution in [3.8, 4) is 0 Å². The van der Waals surface area contributed by atoms with Crippen LogP contribution in [0.2, 0.25) is 0 Å². The fourth-order valence-corrected chi connectivity index (χ4v) is 2.83. The maximum Gasteiger partial charge on any atom is 0.431 e. The van der Waals surface area contributed by atoms with E-state index < -0.39 is 40.6 Å². The fraction of sp³-hybridized carbons (Fsp3) is 0.500. The molecule has 0 amide bonds. The Morgan fingerprint density at radius 2 is 1.84 bits per heavy atom. The van der Waals surface area contributed by atoms with Crippen LogP contribution in [0.5, 0.6) is 0 Å². The Kier molecular flexibility index (Phi) is 4.43. The minimum atomic E-state index is -4.83. The molecule has 0 radical (unpaired) electrons. The lowest BCUT2D eigenvalue weighted by atomic mass is 10.2. The van der Waals surface area contributed by atoms with Crippen molar-refractivity contribution in [1.82, 2.24) is 9.34 Å². The second kappa shape index (κ2) is 5.22. The van der Waals surface area contributed by atoms with Crippen LogP contribution in [0.15, 0.2) is 11.9 Å². The van der Waals surface area contributed by atoms with Gasteiger partial charge in [0.25, 0.3) is 0 Å². The van der Waals surface area contributed by atoms with Crippen molar-refractivity contribution >= 4 is 21.5 Å². The van der Waals surface area contributed by atoms with E-state index in [4.69, 9.17) is 30.4 Å². The Balaban J connectivity index is 3.03. The van der Waals surface area contributed by atoms with Gasteiger partial charge in [-0.2, -0.15) is 0 Å². The Hall–Kier alpha value is -0.930. The topological polar surface area (TPSA) is 185 Å². The molecule has 0 aromatic heterocycles. The van der Waals surface area contributed by atoms with E-state index in [9.17, 15) is 13.9 Å². The molecule has 19 heavy (non-hydrogen) atoms. The van der Waals surface area contributed by atoms with Gasteiger partial charge in [0.05, 0.1) is 0 Å². The molecule has 1 rings (SSSR count). The van der Waals surface area contributed by atoms with Gasteiger partial charge in [-0.05, 0) is 0 Å². The third-order valence-electron chi connectivity index (χ3n) is 2.30. The summed E-state index contributed by atoms with van der Waals surface area (Å²) in [5.41, 5.74) is 4.97. The zero-order valence-electron chi connectivity index (χ0n) is 9.40. The fourth-order valence-electron chi connectivity index (χ4n) is 1.39. The van der Waals surface area contributed by atoms with E-state index in [1.165, 1.54) is 0 Å². The highest BCUT2D eigenvalue weighted by Gasteiger charge is 2.39. The maximum absolute atomic E-state index is 11.2. The van der Waals surface area contributed by atoms with Crippen molar-refractivity contribution in [2.45, 2.75) is 12.5 Å². The highest BCUT2D eigenvalue weighted by Crippen LogP contribution is 2.52. The average Bonchev–Trinajstić information content (AvgIpc) is 2.60. The van der Waals surface area contributed by atoms with Crippen LogP contribution < -0.4 is 5.73 Å². The molecule has 0 aromatic rings. The molecular weight excluding hydrogens is 304 g/mol. The average molecular weight is 317 g/mol. The zero-order valence-corrected chi connectivity index (χ0v) is 11.2. The number of rotatable bonds is 5. The summed E-state index contributed by atoms with van der Waals surface area (Å²) in [6.45, 7) is -0.754. The summed E-state index contributed by atoms with van der Waals surface area (Å²) in [4.78, 5) is 46.5. The molecule has 13 heteroatoms. The maximum atomic E-state index is 11.2. The molecule has 7 N–H and O–H groups in total.